The highest BCUT2D eigenvalue weighted by atomic mass is 19.1. The van der Waals surface area contributed by atoms with Gasteiger partial charge < -0.3 is 8.98 Å². The molecule has 0 amide bonds. The molecule has 0 spiro atoms. The molecule has 0 unspecified atom stereocenters. The number of aromatic nitrogens is 6. The number of hydrogen-bond acceptors (Lipinski definition) is 6. The van der Waals surface area contributed by atoms with Crippen LogP contribution in [0.3, 0.4) is 0 Å². The van der Waals surface area contributed by atoms with Gasteiger partial charge in [0, 0.05) is 30.4 Å². The maximum absolute atomic E-state index is 13.0. The van der Waals surface area contributed by atoms with Crippen LogP contribution >= 0.6 is 0 Å². The van der Waals surface area contributed by atoms with Crippen LogP contribution in [0.1, 0.15) is 5.89 Å². The van der Waals surface area contributed by atoms with Gasteiger partial charge in [-0.05, 0) is 24.3 Å². The van der Waals surface area contributed by atoms with E-state index in [9.17, 15) is 4.39 Å². The Hall–Kier alpha value is -3.42. The van der Waals surface area contributed by atoms with E-state index < -0.39 is 0 Å². The molecular weight excluding hydrogens is 311 g/mol. The minimum Gasteiger partial charge on any atom is -0.419 e. The molecule has 0 aliphatic rings. The maximum Gasteiger partial charge on any atom is 0.247 e. The van der Waals surface area contributed by atoms with Gasteiger partial charge in [0.05, 0.1) is 6.20 Å². The number of rotatable bonds is 4. The van der Waals surface area contributed by atoms with Crippen LogP contribution in [0.25, 0.3) is 23.0 Å². The van der Waals surface area contributed by atoms with E-state index in [1.807, 2.05) is 4.57 Å². The Morgan fingerprint density at radius 2 is 1.88 bits per heavy atom. The summed E-state index contributed by atoms with van der Waals surface area (Å²) in [5.74, 6) is 1.10. The van der Waals surface area contributed by atoms with Gasteiger partial charge in [0.15, 0.2) is 5.82 Å². The first-order valence-corrected chi connectivity index (χ1v) is 7.15. The van der Waals surface area contributed by atoms with E-state index in [1.54, 1.807) is 43.1 Å². The number of nitrogens with zero attached hydrogens (tertiary/aromatic N) is 6. The predicted octanol–water partition coefficient (Wildman–Crippen LogP) is 2.58. The number of imidazole rings is 1. The Labute approximate surface area is 135 Å². The van der Waals surface area contributed by atoms with Gasteiger partial charge in [-0.2, -0.15) is 0 Å². The molecule has 118 valence electrons. The van der Waals surface area contributed by atoms with E-state index in [-0.39, 0.29) is 5.82 Å². The Morgan fingerprint density at radius 1 is 1.00 bits per heavy atom. The predicted molar refractivity (Wildman–Crippen MR) is 82.0 cm³/mol. The van der Waals surface area contributed by atoms with Crippen molar-refractivity contribution in [3.05, 3.63) is 67.0 Å². The van der Waals surface area contributed by atoms with Crippen LogP contribution in [0, 0.1) is 5.82 Å². The molecular formula is C16H11FN6O. The van der Waals surface area contributed by atoms with E-state index in [4.69, 9.17) is 4.42 Å². The zero-order chi connectivity index (χ0) is 16.4. The summed E-state index contributed by atoms with van der Waals surface area (Å²) in [5.41, 5.74) is 1.32. The van der Waals surface area contributed by atoms with Crippen LogP contribution in [0.15, 0.2) is 59.7 Å². The molecule has 1 aromatic carbocycles. The molecule has 8 heteroatoms. The van der Waals surface area contributed by atoms with Gasteiger partial charge in [0.25, 0.3) is 0 Å². The van der Waals surface area contributed by atoms with Crippen LogP contribution < -0.4 is 0 Å². The fraction of sp³-hybridized carbons (Fsp3) is 0.0625. The summed E-state index contributed by atoms with van der Waals surface area (Å²) < 4.78 is 20.5. The third-order valence-corrected chi connectivity index (χ3v) is 3.37. The van der Waals surface area contributed by atoms with Gasteiger partial charge in [0.1, 0.15) is 18.1 Å². The summed E-state index contributed by atoms with van der Waals surface area (Å²) in [6, 6.07) is 5.88. The van der Waals surface area contributed by atoms with E-state index in [1.165, 1.54) is 12.1 Å². The van der Waals surface area contributed by atoms with Gasteiger partial charge in [-0.25, -0.2) is 14.4 Å². The Kier molecular flexibility index (Phi) is 3.54. The molecule has 7 nitrogen and oxygen atoms in total. The highest BCUT2D eigenvalue weighted by molar-refractivity contribution is 5.52. The SMILES string of the molecule is Fc1ccc(-c2nnc(Cn3ccnc3-c3cnccn3)o2)cc1. The van der Waals surface area contributed by atoms with Gasteiger partial charge >= 0.3 is 0 Å². The van der Waals surface area contributed by atoms with Crippen molar-refractivity contribution >= 4 is 0 Å². The lowest BCUT2D eigenvalue weighted by Gasteiger charge is -2.03. The van der Waals surface area contributed by atoms with E-state index in [0.29, 0.717) is 35.4 Å². The van der Waals surface area contributed by atoms with Crippen LogP contribution in [0.4, 0.5) is 4.39 Å². The Bertz CT molecular complexity index is 948. The van der Waals surface area contributed by atoms with Crippen LogP contribution in [0.2, 0.25) is 0 Å². The second-order valence-electron chi connectivity index (χ2n) is 4.98. The van der Waals surface area contributed by atoms with Crippen molar-refractivity contribution in [2.45, 2.75) is 6.54 Å². The van der Waals surface area contributed by atoms with E-state index in [0.717, 1.165) is 0 Å². The molecule has 0 aliphatic carbocycles. The Morgan fingerprint density at radius 3 is 2.67 bits per heavy atom. The van der Waals surface area contributed by atoms with E-state index >= 15 is 0 Å². The molecule has 0 saturated heterocycles. The first kappa shape index (κ1) is 14.2. The third-order valence-electron chi connectivity index (χ3n) is 3.37. The van der Waals surface area contributed by atoms with Gasteiger partial charge in [0.2, 0.25) is 11.8 Å². The first-order chi connectivity index (χ1) is 11.8. The van der Waals surface area contributed by atoms with Crippen molar-refractivity contribution in [3.63, 3.8) is 0 Å². The number of hydrogen-bond donors (Lipinski definition) is 0. The lowest BCUT2D eigenvalue weighted by Crippen LogP contribution is -2.02. The van der Waals surface area contributed by atoms with Gasteiger partial charge in [-0.3, -0.25) is 4.98 Å². The second kappa shape index (κ2) is 5.99. The van der Waals surface area contributed by atoms with Crippen LogP contribution in [-0.4, -0.2) is 29.7 Å². The molecule has 0 bridgehead atoms. The standard InChI is InChI=1S/C16H11FN6O/c17-12-3-1-11(2-4-12)16-22-21-14(24-16)10-23-8-7-20-15(23)13-9-18-5-6-19-13/h1-9H,10H2. The highest BCUT2D eigenvalue weighted by Gasteiger charge is 2.13. The lowest BCUT2D eigenvalue weighted by atomic mass is 10.2. The molecule has 0 fully saturated rings. The lowest BCUT2D eigenvalue weighted by molar-refractivity contribution is 0.489. The maximum atomic E-state index is 13.0. The molecule has 0 radical (unpaired) electrons. The van der Waals surface area contributed by atoms with Gasteiger partial charge in [-0.15, -0.1) is 10.2 Å². The largest absolute Gasteiger partial charge is 0.419 e. The van der Waals surface area contributed by atoms with Crippen molar-refractivity contribution in [1.29, 1.82) is 0 Å². The number of halogens is 1. The molecule has 3 aromatic heterocycles. The highest BCUT2D eigenvalue weighted by Crippen LogP contribution is 2.20. The monoisotopic (exact) mass is 322 g/mol. The van der Waals surface area contributed by atoms with Crippen molar-refractivity contribution in [2.75, 3.05) is 0 Å². The normalized spacial score (nSPS) is 10.9. The molecule has 4 rings (SSSR count). The number of benzene rings is 1. The zero-order valence-electron chi connectivity index (χ0n) is 12.4. The fourth-order valence-corrected chi connectivity index (χ4v) is 2.26. The van der Waals surface area contributed by atoms with E-state index in [2.05, 4.69) is 25.1 Å². The van der Waals surface area contributed by atoms with Crippen LogP contribution in [-0.2, 0) is 6.54 Å². The van der Waals surface area contributed by atoms with Crippen molar-refractivity contribution in [2.24, 2.45) is 0 Å². The minimum absolute atomic E-state index is 0.314. The molecule has 0 saturated carbocycles. The van der Waals surface area contributed by atoms with Crippen molar-refractivity contribution in [1.82, 2.24) is 29.7 Å². The first-order valence-electron chi connectivity index (χ1n) is 7.15. The Balaban J connectivity index is 1.59. The molecule has 4 aromatic rings. The third kappa shape index (κ3) is 2.76. The molecule has 24 heavy (non-hydrogen) atoms. The average Bonchev–Trinajstić information content (AvgIpc) is 3.26. The summed E-state index contributed by atoms with van der Waals surface area (Å²) in [6.45, 7) is 0.347. The summed E-state index contributed by atoms with van der Waals surface area (Å²) in [7, 11) is 0. The average molecular weight is 322 g/mol. The summed E-state index contributed by atoms with van der Waals surface area (Å²) in [6.07, 6.45) is 8.31. The van der Waals surface area contributed by atoms with Gasteiger partial charge in [-0.1, -0.05) is 0 Å². The second-order valence-corrected chi connectivity index (χ2v) is 4.98. The summed E-state index contributed by atoms with van der Waals surface area (Å²) >= 11 is 0. The summed E-state index contributed by atoms with van der Waals surface area (Å²) in [4.78, 5) is 12.6. The minimum atomic E-state index is -0.314. The molecule has 0 N–H and O–H groups in total. The van der Waals surface area contributed by atoms with Crippen LogP contribution in [0.5, 0.6) is 0 Å². The van der Waals surface area contributed by atoms with Crippen molar-refractivity contribution < 1.29 is 8.81 Å². The quantitative estimate of drug-likeness (QED) is 0.574. The fourth-order valence-electron chi connectivity index (χ4n) is 2.26. The summed E-state index contributed by atoms with van der Waals surface area (Å²) in [5, 5.41) is 8.03. The zero-order valence-corrected chi connectivity index (χ0v) is 12.4. The van der Waals surface area contributed by atoms with Crippen molar-refractivity contribution in [3.8, 4) is 23.0 Å². The molecule has 0 aliphatic heterocycles. The molecule has 0 atom stereocenters. The smallest absolute Gasteiger partial charge is 0.247 e. The topological polar surface area (TPSA) is 82.5 Å². The molecule has 3 heterocycles.